The third-order valence-corrected chi connectivity index (χ3v) is 4.22. The zero-order valence-electron chi connectivity index (χ0n) is 15.4. The summed E-state index contributed by atoms with van der Waals surface area (Å²) in [7, 11) is 5.03. The van der Waals surface area contributed by atoms with E-state index >= 15 is 0 Å². The monoisotopic (exact) mass is 400 g/mol. The second kappa shape index (κ2) is 8.10. The van der Waals surface area contributed by atoms with Crippen LogP contribution in [-0.2, 0) is 0 Å². The number of nitro groups is 1. The highest BCUT2D eigenvalue weighted by Gasteiger charge is 2.17. The lowest BCUT2D eigenvalue weighted by molar-refractivity contribution is -0.384. The van der Waals surface area contributed by atoms with Crippen molar-refractivity contribution in [3.05, 3.63) is 64.0 Å². The van der Waals surface area contributed by atoms with Crippen molar-refractivity contribution in [1.29, 1.82) is 0 Å². The van der Waals surface area contributed by atoms with Crippen molar-refractivity contribution in [2.24, 2.45) is 0 Å². The van der Waals surface area contributed by atoms with Gasteiger partial charge in [0.25, 0.3) is 11.6 Å². The Labute approximate surface area is 166 Å². The summed E-state index contributed by atoms with van der Waals surface area (Å²) in [6.07, 6.45) is 1.54. The van der Waals surface area contributed by atoms with Gasteiger partial charge in [0.05, 0.1) is 17.6 Å². The molecule has 9 heteroatoms. The predicted octanol–water partition coefficient (Wildman–Crippen LogP) is 4.46. The summed E-state index contributed by atoms with van der Waals surface area (Å²) in [4.78, 5) is 16.8. The molecule has 1 aromatic heterocycles. The van der Waals surface area contributed by atoms with Gasteiger partial charge in [-0.1, -0.05) is 35.0 Å². The molecular weight excluding hydrogens is 384 g/mol. The van der Waals surface area contributed by atoms with Crippen molar-refractivity contribution >= 4 is 34.1 Å². The molecule has 3 aromatic rings. The number of para-hydroxylation sites is 1. The summed E-state index contributed by atoms with van der Waals surface area (Å²) >= 11 is 6.30. The Morgan fingerprint density at radius 3 is 2.71 bits per heavy atom. The van der Waals surface area contributed by atoms with E-state index < -0.39 is 4.92 Å². The van der Waals surface area contributed by atoms with Gasteiger partial charge in [0.1, 0.15) is 16.5 Å². The molecular formula is C19H17ClN4O4. The molecule has 0 amide bonds. The Kier molecular flexibility index (Phi) is 5.60. The molecule has 144 valence electrons. The van der Waals surface area contributed by atoms with Crippen LogP contribution in [0.4, 0.5) is 11.4 Å². The maximum absolute atomic E-state index is 11.3. The summed E-state index contributed by atoms with van der Waals surface area (Å²) in [6, 6.07) is 12.1. The predicted molar refractivity (Wildman–Crippen MR) is 107 cm³/mol. The Morgan fingerprint density at radius 2 is 2.04 bits per heavy atom. The number of nitrogens with zero attached hydrogens (tertiary/aromatic N) is 4. The lowest BCUT2D eigenvalue weighted by atomic mass is 10.1. The van der Waals surface area contributed by atoms with Crippen molar-refractivity contribution in [3.8, 4) is 17.1 Å². The number of benzene rings is 2. The first-order chi connectivity index (χ1) is 13.4. The largest absolute Gasteiger partial charge is 0.496 e. The van der Waals surface area contributed by atoms with Gasteiger partial charge in [-0.3, -0.25) is 10.1 Å². The number of rotatable bonds is 6. The molecule has 0 radical (unpaired) electrons. The first-order valence-electron chi connectivity index (χ1n) is 8.21. The molecule has 28 heavy (non-hydrogen) atoms. The van der Waals surface area contributed by atoms with Crippen LogP contribution in [0.5, 0.6) is 5.75 Å². The molecule has 0 N–H and O–H groups in total. The molecule has 0 aliphatic heterocycles. The van der Waals surface area contributed by atoms with E-state index in [9.17, 15) is 10.1 Å². The summed E-state index contributed by atoms with van der Waals surface area (Å²) in [5.41, 5.74) is 1.67. The summed E-state index contributed by atoms with van der Waals surface area (Å²) < 4.78 is 10.5. The van der Waals surface area contributed by atoms with Gasteiger partial charge >= 0.3 is 0 Å². The van der Waals surface area contributed by atoms with Gasteiger partial charge in [-0.05, 0) is 29.8 Å². The van der Waals surface area contributed by atoms with Crippen LogP contribution in [0, 0.1) is 10.1 Å². The van der Waals surface area contributed by atoms with Gasteiger partial charge in [-0.15, -0.1) is 0 Å². The average molecular weight is 401 g/mol. The Hall–Kier alpha value is -3.39. The van der Waals surface area contributed by atoms with E-state index in [4.69, 9.17) is 20.9 Å². The molecule has 8 nitrogen and oxygen atoms in total. The Morgan fingerprint density at radius 1 is 1.29 bits per heavy atom. The maximum atomic E-state index is 11.3. The van der Waals surface area contributed by atoms with Crippen LogP contribution in [0.1, 0.15) is 11.5 Å². The number of halogens is 1. The fourth-order valence-corrected chi connectivity index (χ4v) is 2.82. The molecule has 1 heterocycles. The van der Waals surface area contributed by atoms with Crippen LogP contribution < -0.4 is 9.64 Å². The fourth-order valence-electron chi connectivity index (χ4n) is 2.62. The summed E-state index contributed by atoms with van der Waals surface area (Å²) in [5, 5.41) is 15.4. The van der Waals surface area contributed by atoms with E-state index in [2.05, 4.69) is 10.1 Å². The number of hydrogen-bond acceptors (Lipinski definition) is 7. The minimum atomic E-state index is -0.437. The smallest absolute Gasteiger partial charge is 0.293 e. The topological polar surface area (TPSA) is 94.5 Å². The minimum absolute atomic E-state index is 0.0246. The van der Waals surface area contributed by atoms with Crippen LogP contribution in [-0.4, -0.2) is 36.3 Å². The molecule has 0 spiro atoms. The number of hydrogen-bond donors (Lipinski definition) is 0. The zero-order chi connectivity index (χ0) is 20.3. The standard InChI is InChI=1S/C19H17ClN4O4/c1-23(2)15-9-8-12(11-16(15)24(25)26)10-14(20)19-21-18(22-28-19)13-6-4-5-7-17(13)27-3/h4-11H,1-3H3/b14-10-. The molecule has 0 unspecified atom stereocenters. The van der Waals surface area contributed by atoms with Gasteiger partial charge < -0.3 is 14.2 Å². The average Bonchev–Trinajstić information content (AvgIpc) is 3.17. The zero-order valence-corrected chi connectivity index (χ0v) is 16.2. The van der Waals surface area contributed by atoms with E-state index in [1.807, 2.05) is 12.1 Å². The highest BCUT2D eigenvalue weighted by molar-refractivity contribution is 6.50. The lowest BCUT2D eigenvalue weighted by Crippen LogP contribution is -2.10. The van der Waals surface area contributed by atoms with Crippen LogP contribution in [0.3, 0.4) is 0 Å². The maximum Gasteiger partial charge on any atom is 0.293 e. The SMILES string of the molecule is COc1ccccc1-c1noc(/C(Cl)=C/c2ccc(N(C)C)c([N+](=O)[O-])c2)n1. The number of nitro benzene ring substituents is 1. The number of anilines is 1. The van der Waals surface area contributed by atoms with Gasteiger partial charge in [0.15, 0.2) is 0 Å². The molecule has 0 aliphatic carbocycles. The van der Waals surface area contributed by atoms with Crippen LogP contribution in [0.2, 0.25) is 0 Å². The molecule has 0 saturated carbocycles. The van der Waals surface area contributed by atoms with Gasteiger partial charge in [0, 0.05) is 20.2 Å². The van der Waals surface area contributed by atoms with Crippen molar-refractivity contribution in [2.45, 2.75) is 0 Å². The molecule has 0 saturated heterocycles. The van der Waals surface area contributed by atoms with Crippen molar-refractivity contribution in [2.75, 3.05) is 26.1 Å². The minimum Gasteiger partial charge on any atom is -0.496 e. The second-order valence-electron chi connectivity index (χ2n) is 6.02. The van der Waals surface area contributed by atoms with Crippen LogP contribution in [0.25, 0.3) is 22.5 Å². The highest BCUT2D eigenvalue weighted by atomic mass is 35.5. The first kappa shape index (κ1) is 19.4. The molecule has 2 aromatic carbocycles. The van der Waals surface area contributed by atoms with E-state index in [-0.39, 0.29) is 16.6 Å². The third kappa shape index (κ3) is 3.96. The van der Waals surface area contributed by atoms with E-state index in [0.717, 1.165) is 0 Å². The Balaban J connectivity index is 1.94. The number of ether oxygens (including phenoxy) is 1. The third-order valence-electron chi connectivity index (χ3n) is 3.95. The lowest BCUT2D eigenvalue weighted by Gasteiger charge is -2.12. The normalized spacial score (nSPS) is 11.4. The molecule has 3 rings (SSSR count). The number of aromatic nitrogens is 2. The van der Waals surface area contributed by atoms with Crippen LogP contribution in [0.15, 0.2) is 47.0 Å². The summed E-state index contributed by atoms with van der Waals surface area (Å²) in [6.45, 7) is 0. The molecule has 0 aliphatic rings. The van der Waals surface area contributed by atoms with Gasteiger partial charge in [-0.25, -0.2) is 0 Å². The molecule has 0 bridgehead atoms. The molecule has 0 atom stereocenters. The summed E-state index contributed by atoms with van der Waals surface area (Å²) in [5.74, 6) is 1.03. The Bertz CT molecular complexity index is 1050. The first-order valence-corrected chi connectivity index (χ1v) is 8.59. The van der Waals surface area contributed by atoms with Gasteiger partial charge in [0.2, 0.25) is 5.82 Å². The molecule has 0 fully saturated rings. The highest BCUT2D eigenvalue weighted by Crippen LogP contribution is 2.32. The van der Waals surface area contributed by atoms with Crippen molar-refractivity contribution in [1.82, 2.24) is 10.1 Å². The van der Waals surface area contributed by atoms with Crippen molar-refractivity contribution in [3.63, 3.8) is 0 Å². The van der Waals surface area contributed by atoms with Crippen molar-refractivity contribution < 1.29 is 14.2 Å². The van der Waals surface area contributed by atoms with E-state index in [0.29, 0.717) is 28.4 Å². The van der Waals surface area contributed by atoms with E-state index in [1.165, 1.54) is 12.1 Å². The van der Waals surface area contributed by atoms with Crippen LogP contribution >= 0.6 is 11.6 Å². The number of methoxy groups -OCH3 is 1. The fraction of sp³-hybridized carbons (Fsp3) is 0.158. The second-order valence-corrected chi connectivity index (χ2v) is 6.42. The quantitative estimate of drug-likeness (QED) is 0.445. The van der Waals surface area contributed by atoms with E-state index in [1.54, 1.807) is 50.4 Å². The van der Waals surface area contributed by atoms with Gasteiger partial charge in [-0.2, -0.15) is 4.98 Å².